The van der Waals surface area contributed by atoms with Crippen LogP contribution in [-0.2, 0) is 9.59 Å². The highest BCUT2D eigenvalue weighted by Gasteiger charge is 2.65. The van der Waals surface area contributed by atoms with Crippen molar-refractivity contribution in [2.45, 2.75) is 12.1 Å². The number of ketones is 1. The molecule has 0 bridgehead atoms. The SMILES string of the molecule is O=C(c1ccccc1)[C@@H]1[C@@H]2C(=O)N(c3ccc4ccccc4c3)C(=O)[C@@H]2C2c3ccccc3C=NN21. The third kappa shape index (κ3) is 2.84. The summed E-state index contributed by atoms with van der Waals surface area (Å²) in [5.41, 5.74) is 2.84. The Balaban J connectivity index is 1.38. The van der Waals surface area contributed by atoms with Crippen molar-refractivity contribution in [2.75, 3.05) is 4.90 Å². The molecule has 0 spiro atoms. The molecule has 4 aromatic carbocycles. The second-order valence-corrected chi connectivity index (χ2v) is 9.47. The highest BCUT2D eigenvalue weighted by atomic mass is 16.2. The summed E-state index contributed by atoms with van der Waals surface area (Å²) in [4.78, 5) is 43.1. The van der Waals surface area contributed by atoms with Gasteiger partial charge in [0, 0.05) is 5.56 Å². The first kappa shape index (κ1) is 20.8. The lowest BCUT2D eigenvalue weighted by Crippen LogP contribution is -2.44. The number of anilines is 1. The van der Waals surface area contributed by atoms with Crippen molar-refractivity contribution in [3.05, 3.63) is 114 Å². The second kappa shape index (κ2) is 7.71. The summed E-state index contributed by atoms with van der Waals surface area (Å²) in [5, 5.41) is 8.28. The van der Waals surface area contributed by atoms with Crippen LogP contribution in [0.4, 0.5) is 5.69 Å². The molecule has 0 saturated carbocycles. The molecule has 7 rings (SSSR count). The Morgan fingerprint density at radius 3 is 2.25 bits per heavy atom. The van der Waals surface area contributed by atoms with Crippen molar-refractivity contribution in [3.63, 3.8) is 0 Å². The van der Waals surface area contributed by atoms with Crippen LogP contribution < -0.4 is 4.90 Å². The van der Waals surface area contributed by atoms with Gasteiger partial charge in [-0.25, -0.2) is 4.90 Å². The van der Waals surface area contributed by atoms with Crippen LogP contribution in [0.25, 0.3) is 10.8 Å². The number of carbonyl (C=O) groups is 3. The molecule has 3 aliphatic rings. The van der Waals surface area contributed by atoms with E-state index in [1.165, 1.54) is 4.90 Å². The average Bonchev–Trinajstić information content (AvgIpc) is 3.40. The third-order valence-electron chi connectivity index (χ3n) is 7.61. The smallest absolute Gasteiger partial charge is 0.240 e. The molecule has 3 heterocycles. The first-order valence-electron chi connectivity index (χ1n) is 12.0. The summed E-state index contributed by atoms with van der Waals surface area (Å²) in [6.07, 6.45) is 1.72. The highest BCUT2D eigenvalue weighted by molar-refractivity contribution is 6.25. The predicted octanol–water partition coefficient (Wildman–Crippen LogP) is 4.60. The number of hydrogen-bond acceptors (Lipinski definition) is 5. The standard InChI is InChI=1S/C30H21N3O3/c34-28(19-9-2-1-3-10-19)27-25-24(26-23-13-7-6-12-21(23)17-31-33(26)27)29(35)32(30(25)36)22-15-14-18-8-4-5-11-20(18)16-22/h1-17,24-27H/t24-,25+,26?,27-/m0/s1. The maximum Gasteiger partial charge on any atom is 0.240 e. The fraction of sp³-hybridized carbons (Fsp3) is 0.133. The number of Topliss-reactive ketones (excluding diaryl/α,β-unsaturated/α-hetero) is 1. The highest BCUT2D eigenvalue weighted by Crippen LogP contribution is 2.53. The molecule has 0 N–H and O–H groups in total. The number of amides is 2. The Kier molecular flexibility index (Phi) is 4.45. The first-order chi connectivity index (χ1) is 17.6. The fourth-order valence-electron chi connectivity index (χ4n) is 6.01. The molecule has 0 radical (unpaired) electrons. The summed E-state index contributed by atoms with van der Waals surface area (Å²) in [5.74, 6) is -2.38. The number of imide groups is 1. The molecule has 2 saturated heterocycles. The Morgan fingerprint density at radius 2 is 1.42 bits per heavy atom. The second-order valence-electron chi connectivity index (χ2n) is 9.47. The molecule has 3 aliphatic heterocycles. The van der Waals surface area contributed by atoms with Crippen LogP contribution in [0.1, 0.15) is 27.5 Å². The molecule has 0 aliphatic carbocycles. The molecule has 0 aromatic heterocycles. The molecule has 2 amide bonds. The molecule has 4 aromatic rings. The Hall–Kier alpha value is -4.58. The normalized spacial score (nSPS) is 24.1. The minimum absolute atomic E-state index is 0.203. The molecule has 1 unspecified atom stereocenters. The molecule has 2 fully saturated rings. The zero-order valence-electron chi connectivity index (χ0n) is 19.2. The zero-order valence-corrected chi connectivity index (χ0v) is 19.2. The van der Waals surface area contributed by atoms with Gasteiger partial charge in [-0.1, -0.05) is 84.9 Å². The van der Waals surface area contributed by atoms with Gasteiger partial charge in [0.1, 0.15) is 6.04 Å². The topological polar surface area (TPSA) is 70.0 Å². The van der Waals surface area contributed by atoms with Crippen molar-refractivity contribution >= 4 is 40.3 Å². The molecule has 6 nitrogen and oxygen atoms in total. The number of nitrogens with zero attached hydrogens (tertiary/aromatic N) is 3. The molecular formula is C30H21N3O3. The Labute approximate surface area is 207 Å². The number of fused-ring (bicyclic) bond motifs is 6. The van der Waals surface area contributed by atoms with Crippen LogP contribution in [-0.4, -0.2) is 34.9 Å². The summed E-state index contributed by atoms with van der Waals surface area (Å²) in [6, 6.07) is 28.7. The third-order valence-corrected chi connectivity index (χ3v) is 7.61. The molecule has 4 atom stereocenters. The van der Waals surface area contributed by atoms with Gasteiger partial charge < -0.3 is 0 Å². The minimum atomic E-state index is -0.867. The zero-order chi connectivity index (χ0) is 24.4. The van der Waals surface area contributed by atoms with Gasteiger partial charge in [-0.2, -0.15) is 5.10 Å². The van der Waals surface area contributed by atoms with E-state index in [2.05, 4.69) is 5.10 Å². The van der Waals surface area contributed by atoms with Gasteiger partial charge in [0.05, 0.1) is 29.8 Å². The van der Waals surface area contributed by atoms with Crippen LogP contribution in [0.5, 0.6) is 0 Å². The summed E-state index contributed by atoms with van der Waals surface area (Å²) in [6.45, 7) is 0. The summed E-state index contributed by atoms with van der Waals surface area (Å²) in [7, 11) is 0. The van der Waals surface area contributed by atoms with E-state index in [0.29, 0.717) is 11.3 Å². The first-order valence-corrected chi connectivity index (χ1v) is 12.0. The number of hydrogen-bond donors (Lipinski definition) is 0. The minimum Gasteiger partial charge on any atom is -0.292 e. The lowest BCUT2D eigenvalue weighted by atomic mass is 9.83. The van der Waals surface area contributed by atoms with E-state index in [1.54, 1.807) is 41.6 Å². The number of benzene rings is 4. The van der Waals surface area contributed by atoms with Crippen molar-refractivity contribution in [2.24, 2.45) is 16.9 Å². The van der Waals surface area contributed by atoms with E-state index in [9.17, 15) is 14.4 Å². The quantitative estimate of drug-likeness (QED) is 0.323. The van der Waals surface area contributed by atoms with E-state index in [0.717, 1.165) is 21.9 Å². The summed E-state index contributed by atoms with van der Waals surface area (Å²) < 4.78 is 0. The predicted molar refractivity (Wildman–Crippen MR) is 137 cm³/mol. The lowest BCUT2D eigenvalue weighted by molar-refractivity contribution is -0.124. The van der Waals surface area contributed by atoms with Crippen LogP contribution in [0.2, 0.25) is 0 Å². The Bertz CT molecular complexity index is 1600. The molecule has 6 heteroatoms. The van der Waals surface area contributed by atoms with Crippen LogP contribution in [0.15, 0.2) is 102 Å². The van der Waals surface area contributed by atoms with E-state index < -0.39 is 23.9 Å². The van der Waals surface area contributed by atoms with Gasteiger partial charge in [-0.3, -0.25) is 19.4 Å². The van der Waals surface area contributed by atoms with Crippen LogP contribution in [0.3, 0.4) is 0 Å². The van der Waals surface area contributed by atoms with Gasteiger partial charge in [0.25, 0.3) is 0 Å². The molecule has 36 heavy (non-hydrogen) atoms. The van der Waals surface area contributed by atoms with Gasteiger partial charge in [0.2, 0.25) is 11.8 Å². The van der Waals surface area contributed by atoms with Crippen LogP contribution in [0, 0.1) is 11.8 Å². The van der Waals surface area contributed by atoms with Crippen molar-refractivity contribution in [1.82, 2.24) is 5.01 Å². The van der Waals surface area contributed by atoms with E-state index in [1.807, 2.05) is 66.7 Å². The van der Waals surface area contributed by atoms with Crippen molar-refractivity contribution in [3.8, 4) is 0 Å². The Morgan fingerprint density at radius 1 is 0.722 bits per heavy atom. The largest absolute Gasteiger partial charge is 0.292 e. The van der Waals surface area contributed by atoms with E-state index >= 15 is 0 Å². The van der Waals surface area contributed by atoms with Crippen molar-refractivity contribution in [1.29, 1.82) is 0 Å². The van der Waals surface area contributed by atoms with Gasteiger partial charge >= 0.3 is 0 Å². The number of hydrazone groups is 1. The van der Waals surface area contributed by atoms with E-state index in [4.69, 9.17) is 0 Å². The molecular weight excluding hydrogens is 450 g/mol. The van der Waals surface area contributed by atoms with Gasteiger partial charge in [0.15, 0.2) is 5.78 Å². The van der Waals surface area contributed by atoms with E-state index in [-0.39, 0.29) is 17.6 Å². The van der Waals surface area contributed by atoms with Gasteiger partial charge in [-0.15, -0.1) is 0 Å². The maximum absolute atomic E-state index is 14.0. The van der Waals surface area contributed by atoms with Crippen LogP contribution >= 0.6 is 0 Å². The lowest BCUT2D eigenvalue weighted by Gasteiger charge is -2.33. The number of rotatable bonds is 3. The van der Waals surface area contributed by atoms with Gasteiger partial charge in [-0.05, 0) is 34.0 Å². The fourth-order valence-corrected chi connectivity index (χ4v) is 6.01. The van der Waals surface area contributed by atoms with Crippen molar-refractivity contribution < 1.29 is 14.4 Å². The maximum atomic E-state index is 14.0. The monoisotopic (exact) mass is 471 g/mol. The average molecular weight is 472 g/mol. The number of carbonyl (C=O) groups excluding carboxylic acids is 3. The molecule has 174 valence electrons. The summed E-state index contributed by atoms with van der Waals surface area (Å²) >= 11 is 0.